The molecule has 0 saturated carbocycles. The van der Waals surface area contributed by atoms with Gasteiger partial charge in [-0.2, -0.15) is 0 Å². The largest absolute Gasteiger partial charge is 0.467 e. The molecule has 0 aromatic carbocycles. The minimum absolute atomic E-state index is 0.103. The van der Waals surface area contributed by atoms with E-state index in [0.29, 0.717) is 11.0 Å². The van der Waals surface area contributed by atoms with Crippen LogP contribution in [-0.4, -0.2) is 31.8 Å². The Hall–Kier alpha value is -2.61. The van der Waals surface area contributed by atoms with E-state index in [1.807, 2.05) is 25.1 Å². The summed E-state index contributed by atoms with van der Waals surface area (Å²) in [5, 5.41) is 10.3. The van der Waals surface area contributed by atoms with Crippen LogP contribution in [0.2, 0.25) is 0 Å². The number of carbonyl (C=O) groups excluding carboxylic acids is 1. The van der Waals surface area contributed by atoms with Crippen molar-refractivity contribution in [2.24, 2.45) is 0 Å². The first-order chi connectivity index (χ1) is 11.2. The number of amides is 1. The van der Waals surface area contributed by atoms with Gasteiger partial charge in [-0.25, -0.2) is 4.98 Å². The summed E-state index contributed by atoms with van der Waals surface area (Å²) in [6.45, 7) is 1.87. The van der Waals surface area contributed by atoms with Crippen molar-refractivity contribution in [3.8, 4) is 11.4 Å². The van der Waals surface area contributed by atoms with Gasteiger partial charge in [0.2, 0.25) is 11.1 Å². The van der Waals surface area contributed by atoms with Crippen LogP contribution in [0.3, 0.4) is 0 Å². The van der Waals surface area contributed by atoms with Gasteiger partial charge in [0, 0.05) is 18.0 Å². The summed E-state index contributed by atoms with van der Waals surface area (Å²) in [6, 6.07) is 7.13. The molecule has 0 aliphatic heterocycles. The Kier molecular flexibility index (Phi) is 4.72. The average molecular weight is 329 g/mol. The number of pyridine rings is 1. The topological polar surface area (TPSA) is 96.7 Å². The number of nitrogens with one attached hydrogen (secondary N) is 2. The van der Waals surface area contributed by atoms with E-state index in [1.165, 1.54) is 11.8 Å². The Morgan fingerprint density at radius 1 is 1.39 bits per heavy atom. The molecule has 0 saturated heterocycles. The first kappa shape index (κ1) is 15.3. The third-order valence-corrected chi connectivity index (χ3v) is 3.95. The van der Waals surface area contributed by atoms with Crippen molar-refractivity contribution >= 4 is 17.7 Å². The smallest absolute Gasteiger partial charge is 0.231 e. The molecule has 8 heteroatoms. The average Bonchev–Trinajstić information content (AvgIpc) is 3.25. The maximum atomic E-state index is 12.0. The first-order valence-corrected chi connectivity index (χ1v) is 7.99. The van der Waals surface area contributed by atoms with Crippen molar-refractivity contribution in [1.29, 1.82) is 0 Å². The molecule has 118 valence electrons. The SMILES string of the molecule is C[C@@H](NC(=O)CSc1n[nH]c(-c2ccncc2)n1)c1ccco1. The molecule has 0 aliphatic rings. The second-order valence-corrected chi connectivity index (χ2v) is 5.74. The van der Waals surface area contributed by atoms with E-state index in [4.69, 9.17) is 4.42 Å². The summed E-state index contributed by atoms with van der Waals surface area (Å²) >= 11 is 1.27. The minimum Gasteiger partial charge on any atom is -0.467 e. The summed E-state index contributed by atoms with van der Waals surface area (Å²) in [4.78, 5) is 20.3. The van der Waals surface area contributed by atoms with Gasteiger partial charge in [0.05, 0.1) is 18.1 Å². The predicted octanol–water partition coefficient (Wildman–Crippen LogP) is 2.43. The summed E-state index contributed by atoms with van der Waals surface area (Å²) in [5.74, 6) is 1.51. The molecule has 1 atom stereocenters. The molecule has 0 fully saturated rings. The molecule has 3 aromatic rings. The molecule has 0 spiro atoms. The van der Waals surface area contributed by atoms with Gasteiger partial charge in [-0.15, -0.1) is 5.10 Å². The maximum Gasteiger partial charge on any atom is 0.231 e. The van der Waals surface area contributed by atoms with Crippen molar-refractivity contribution in [3.63, 3.8) is 0 Å². The molecule has 0 unspecified atom stereocenters. The monoisotopic (exact) mass is 329 g/mol. The first-order valence-electron chi connectivity index (χ1n) is 7.01. The van der Waals surface area contributed by atoms with E-state index in [1.54, 1.807) is 24.7 Å². The summed E-state index contributed by atoms with van der Waals surface area (Å²) in [7, 11) is 0. The molecule has 3 heterocycles. The standard InChI is InChI=1S/C15H15N5O2S/c1-10(12-3-2-8-22-12)17-13(21)9-23-15-18-14(19-20-15)11-4-6-16-7-5-11/h2-8,10H,9H2,1H3,(H,17,21)(H,18,19,20)/t10-/m1/s1. The van der Waals surface area contributed by atoms with E-state index in [-0.39, 0.29) is 17.7 Å². The number of hydrogen-bond donors (Lipinski definition) is 2. The van der Waals surface area contributed by atoms with Gasteiger partial charge in [-0.1, -0.05) is 11.8 Å². The molecular formula is C15H15N5O2S. The molecule has 3 rings (SSSR count). The lowest BCUT2D eigenvalue weighted by molar-refractivity contribution is -0.119. The van der Waals surface area contributed by atoms with Gasteiger partial charge < -0.3 is 9.73 Å². The number of nitrogens with zero attached hydrogens (tertiary/aromatic N) is 3. The predicted molar refractivity (Wildman–Crippen MR) is 85.6 cm³/mol. The fourth-order valence-corrected chi connectivity index (χ4v) is 2.58. The van der Waals surface area contributed by atoms with Crippen LogP contribution in [0, 0.1) is 0 Å². The third kappa shape index (κ3) is 3.98. The summed E-state index contributed by atoms with van der Waals surface area (Å²) in [6.07, 6.45) is 4.96. The number of thioether (sulfide) groups is 1. The van der Waals surface area contributed by atoms with Gasteiger partial charge in [0.15, 0.2) is 5.82 Å². The van der Waals surface area contributed by atoms with Crippen molar-refractivity contribution in [1.82, 2.24) is 25.5 Å². The van der Waals surface area contributed by atoms with Crippen LogP contribution >= 0.6 is 11.8 Å². The lowest BCUT2D eigenvalue weighted by atomic mass is 10.2. The maximum absolute atomic E-state index is 12.0. The quantitative estimate of drug-likeness (QED) is 0.674. The van der Waals surface area contributed by atoms with Crippen LogP contribution in [0.15, 0.2) is 52.5 Å². The summed E-state index contributed by atoms with van der Waals surface area (Å²) < 4.78 is 5.25. The minimum atomic E-state index is -0.169. The molecule has 2 N–H and O–H groups in total. The zero-order valence-electron chi connectivity index (χ0n) is 12.4. The van der Waals surface area contributed by atoms with Gasteiger partial charge in [-0.05, 0) is 31.2 Å². The molecule has 7 nitrogen and oxygen atoms in total. The number of hydrogen-bond acceptors (Lipinski definition) is 6. The molecule has 0 bridgehead atoms. The number of rotatable bonds is 6. The van der Waals surface area contributed by atoms with Crippen LogP contribution in [-0.2, 0) is 4.79 Å². The van der Waals surface area contributed by atoms with E-state index in [2.05, 4.69) is 25.5 Å². The van der Waals surface area contributed by atoms with Crippen molar-refractivity contribution in [2.45, 2.75) is 18.1 Å². The molecule has 0 radical (unpaired) electrons. The molecule has 0 aliphatic carbocycles. The van der Waals surface area contributed by atoms with Crippen molar-refractivity contribution in [3.05, 3.63) is 48.7 Å². The Balaban J connectivity index is 1.52. The zero-order chi connectivity index (χ0) is 16.1. The fraction of sp³-hybridized carbons (Fsp3) is 0.200. The number of carbonyl (C=O) groups is 1. The van der Waals surface area contributed by atoms with Gasteiger partial charge >= 0.3 is 0 Å². The van der Waals surface area contributed by atoms with Crippen LogP contribution < -0.4 is 5.32 Å². The second kappa shape index (κ2) is 7.10. The zero-order valence-corrected chi connectivity index (χ0v) is 13.2. The highest BCUT2D eigenvalue weighted by Gasteiger charge is 2.13. The molecule has 3 aromatic heterocycles. The Morgan fingerprint density at radius 3 is 2.96 bits per heavy atom. The van der Waals surface area contributed by atoms with E-state index in [0.717, 1.165) is 11.3 Å². The lowest BCUT2D eigenvalue weighted by Crippen LogP contribution is -2.27. The fourth-order valence-electron chi connectivity index (χ4n) is 1.97. The highest BCUT2D eigenvalue weighted by Crippen LogP contribution is 2.19. The lowest BCUT2D eigenvalue weighted by Gasteiger charge is -2.10. The van der Waals surface area contributed by atoms with E-state index < -0.39 is 0 Å². The van der Waals surface area contributed by atoms with Gasteiger partial charge in [0.1, 0.15) is 5.76 Å². The normalized spacial score (nSPS) is 12.0. The van der Waals surface area contributed by atoms with Crippen LogP contribution in [0.4, 0.5) is 0 Å². The third-order valence-electron chi connectivity index (χ3n) is 3.10. The Labute approximate surface area is 136 Å². The molecular weight excluding hydrogens is 314 g/mol. The van der Waals surface area contributed by atoms with Crippen molar-refractivity contribution in [2.75, 3.05) is 5.75 Å². The van der Waals surface area contributed by atoms with E-state index in [9.17, 15) is 4.79 Å². The Bertz CT molecular complexity index is 757. The number of H-pyrrole nitrogens is 1. The number of furan rings is 1. The van der Waals surface area contributed by atoms with Crippen molar-refractivity contribution < 1.29 is 9.21 Å². The molecule has 1 amide bonds. The highest BCUT2D eigenvalue weighted by molar-refractivity contribution is 7.99. The van der Waals surface area contributed by atoms with Gasteiger partial charge in [0.25, 0.3) is 0 Å². The molecule has 23 heavy (non-hydrogen) atoms. The number of aromatic nitrogens is 4. The Morgan fingerprint density at radius 2 is 2.22 bits per heavy atom. The number of aromatic amines is 1. The van der Waals surface area contributed by atoms with Crippen LogP contribution in [0.25, 0.3) is 11.4 Å². The van der Waals surface area contributed by atoms with Gasteiger partial charge in [-0.3, -0.25) is 14.9 Å². The van der Waals surface area contributed by atoms with Crippen LogP contribution in [0.5, 0.6) is 0 Å². The highest BCUT2D eigenvalue weighted by atomic mass is 32.2. The van der Waals surface area contributed by atoms with Crippen LogP contribution in [0.1, 0.15) is 18.7 Å². The van der Waals surface area contributed by atoms with E-state index >= 15 is 0 Å². The second-order valence-electron chi connectivity index (χ2n) is 4.80. The summed E-state index contributed by atoms with van der Waals surface area (Å²) in [5.41, 5.74) is 0.898.